The predicted octanol–water partition coefficient (Wildman–Crippen LogP) is 4.85. The molecule has 0 saturated heterocycles. The van der Waals surface area contributed by atoms with Gasteiger partial charge in [-0.2, -0.15) is 0 Å². The third-order valence-corrected chi connectivity index (χ3v) is 3.72. The number of carbonyl (C=O) groups excluding carboxylic acids is 1. The lowest BCUT2D eigenvalue weighted by Gasteiger charge is -2.20. The summed E-state index contributed by atoms with van der Waals surface area (Å²) in [6.07, 6.45) is 0. The minimum atomic E-state index is -0.302. The Kier molecular flexibility index (Phi) is 4.69. The highest BCUT2D eigenvalue weighted by Crippen LogP contribution is 2.45. The first-order chi connectivity index (χ1) is 9.72. The fraction of sp³-hybridized carbons (Fsp3) is 0.188. The van der Waals surface area contributed by atoms with Crippen molar-refractivity contribution >= 4 is 29.1 Å². The van der Waals surface area contributed by atoms with Crippen molar-refractivity contribution < 1.29 is 9.53 Å². The second-order valence-corrected chi connectivity index (χ2v) is 5.06. The Morgan fingerprint density at radius 3 is 2.50 bits per heavy atom. The van der Waals surface area contributed by atoms with Crippen LogP contribution in [0.15, 0.2) is 52.3 Å². The largest absolute Gasteiger partial charge is 0.427 e. The second-order valence-electron chi connectivity index (χ2n) is 3.97. The van der Waals surface area contributed by atoms with Crippen molar-refractivity contribution in [2.45, 2.75) is 30.6 Å². The summed E-state index contributed by atoms with van der Waals surface area (Å²) >= 11 is 1.67. The summed E-state index contributed by atoms with van der Waals surface area (Å²) in [6, 6.07) is 13.7. The lowest BCUT2D eigenvalue weighted by molar-refractivity contribution is -0.131. The Bertz CT molecular complexity index is 626. The van der Waals surface area contributed by atoms with Crippen LogP contribution in [0.3, 0.4) is 0 Å². The highest BCUT2D eigenvalue weighted by molar-refractivity contribution is 7.99. The van der Waals surface area contributed by atoms with Gasteiger partial charge < -0.3 is 10.1 Å². The number of fused-ring (bicyclic) bond motifs is 2. The average Bonchev–Trinajstić information content (AvgIpc) is 2.46. The van der Waals surface area contributed by atoms with Crippen LogP contribution in [0.25, 0.3) is 0 Å². The maximum absolute atomic E-state index is 10.9. The molecule has 0 atom stereocenters. The number of ether oxygens (including phenoxy) is 1. The monoisotopic (exact) mass is 287 g/mol. The Balaban J connectivity index is 0.000000704. The van der Waals surface area contributed by atoms with Crippen LogP contribution in [0.1, 0.15) is 20.8 Å². The Labute approximate surface area is 123 Å². The van der Waals surface area contributed by atoms with Crippen LogP contribution in [0.4, 0.5) is 11.4 Å². The third kappa shape index (κ3) is 3.14. The van der Waals surface area contributed by atoms with E-state index in [0.29, 0.717) is 5.75 Å². The van der Waals surface area contributed by atoms with E-state index in [2.05, 4.69) is 11.4 Å². The van der Waals surface area contributed by atoms with E-state index >= 15 is 0 Å². The Hall–Kier alpha value is -1.94. The SMILES string of the molecule is CC.CC(=O)Oc1ccc2c(c1)Sc1ccccc1N2. The molecule has 4 heteroatoms. The molecule has 0 fully saturated rings. The Morgan fingerprint density at radius 1 is 1.05 bits per heavy atom. The standard InChI is InChI=1S/C14H11NO2S.C2H6/c1-9(16)17-10-6-7-12-14(8-10)18-13-5-3-2-4-11(13)15-12;1-2/h2-8,15H,1H3;1-2H3. The number of anilines is 2. The summed E-state index contributed by atoms with van der Waals surface area (Å²) in [4.78, 5) is 13.2. The number of hydrogen-bond acceptors (Lipinski definition) is 4. The molecule has 0 unspecified atom stereocenters. The lowest BCUT2D eigenvalue weighted by atomic mass is 10.2. The number of rotatable bonds is 1. The van der Waals surface area contributed by atoms with Gasteiger partial charge in [-0.05, 0) is 30.3 Å². The summed E-state index contributed by atoms with van der Waals surface area (Å²) in [5, 5.41) is 3.36. The van der Waals surface area contributed by atoms with Crippen molar-refractivity contribution in [3.8, 4) is 5.75 Å². The molecule has 0 spiro atoms. The van der Waals surface area contributed by atoms with Crippen LogP contribution in [-0.4, -0.2) is 5.97 Å². The summed E-state index contributed by atoms with van der Waals surface area (Å²) in [5.41, 5.74) is 2.14. The van der Waals surface area contributed by atoms with Gasteiger partial charge in [-0.15, -0.1) is 0 Å². The molecule has 1 aliphatic rings. The van der Waals surface area contributed by atoms with E-state index < -0.39 is 0 Å². The molecule has 3 rings (SSSR count). The van der Waals surface area contributed by atoms with Crippen molar-refractivity contribution in [1.82, 2.24) is 0 Å². The summed E-state index contributed by atoms with van der Waals surface area (Å²) in [5.74, 6) is 0.277. The highest BCUT2D eigenvalue weighted by Gasteiger charge is 2.15. The molecule has 2 aromatic carbocycles. The van der Waals surface area contributed by atoms with Gasteiger partial charge in [0.2, 0.25) is 0 Å². The molecule has 2 aromatic rings. The number of esters is 1. The zero-order chi connectivity index (χ0) is 14.5. The molecule has 0 aromatic heterocycles. The normalized spacial score (nSPS) is 11.2. The molecule has 0 aliphatic carbocycles. The van der Waals surface area contributed by atoms with E-state index in [1.807, 2.05) is 44.2 Å². The molecule has 0 radical (unpaired) electrons. The van der Waals surface area contributed by atoms with E-state index in [4.69, 9.17) is 4.74 Å². The van der Waals surface area contributed by atoms with Crippen LogP contribution < -0.4 is 10.1 Å². The second kappa shape index (κ2) is 6.48. The predicted molar refractivity (Wildman–Crippen MR) is 82.9 cm³/mol. The summed E-state index contributed by atoms with van der Waals surface area (Å²) in [7, 11) is 0. The molecule has 0 amide bonds. The van der Waals surface area contributed by atoms with Gasteiger partial charge in [0.25, 0.3) is 0 Å². The van der Waals surface area contributed by atoms with Crippen LogP contribution in [-0.2, 0) is 4.79 Å². The minimum absolute atomic E-state index is 0.302. The van der Waals surface area contributed by atoms with Crippen molar-refractivity contribution in [1.29, 1.82) is 0 Å². The van der Waals surface area contributed by atoms with E-state index in [-0.39, 0.29) is 5.97 Å². The molecule has 3 nitrogen and oxygen atoms in total. The maximum Gasteiger partial charge on any atom is 0.308 e. The van der Waals surface area contributed by atoms with Gasteiger partial charge in [0, 0.05) is 16.7 Å². The minimum Gasteiger partial charge on any atom is -0.427 e. The number of para-hydroxylation sites is 1. The van der Waals surface area contributed by atoms with E-state index in [9.17, 15) is 4.79 Å². The zero-order valence-corrected chi connectivity index (χ0v) is 12.6. The topological polar surface area (TPSA) is 38.3 Å². The number of benzene rings is 2. The number of hydrogen-bond donors (Lipinski definition) is 1. The first kappa shape index (κ1) is 14.5. The third-order valence-electron chi connectivity index (χ3n) is 2.59. The molecule has 1 aliphatic heterocycles. The molecule has 1 N–H and O–H groups in total. The van der Waals surface area contributed by atoms with Crippen molar-refractivity contribution in [2.24, 2.45) is 0 Å². The lowest BCUT2D eigenvalue weighted by Crippen LogP contribution is -2.03. The molecular weight excluding hydrogens is 270 g/mol. The fourth-order valence-corrected chi connectivity index (χ4v) is 2.86. The summed E-state index contributed by atoms with van der Waals surface area (Å²) < 4.78 is 5.09. The van der Waals surface area contributed by atoms with Gasteiger partial charge in [-0.3, -0.25) is 4.79 Å². The van der Waals surface area contributed by atoms with Gasteiger partial charge in [0.05, 0.1) is 11.4 Å². The highest BCUT2D eigenvalue weighted by atomic mass is 32.2. The zero-order valence-electron chi connectivity index (χ0n) is 11.8. The molecule has 0 bridgehead atoms. The molecule has 1 heterocycles. The van der Waals surface area contributed by atoms with Gasteiger partial charge in [0.15, 0.2) is 0 Å². The number of carbonyl (C=O) groups is 1. The molecule has 20 heavy (non-hydrogen) atoms. The first-order valence-electron chi connectivity index (χ1n) is 6.59. The van der Waals surface area contributed by atoms with Gasteiger partial charge in [-0.1, -0.05) is 37.7 Å². The van der Waals surface area contributed by atoms with Gasteiger partial charge in [-0.25, -0.2) is 0 Å². The molecule has 0 saturated carbocycles. The van der Waals surface area contributed by atoms with E-state index in [0.717, 1.165) is 16.3 Å². The van der Waals surface area contributed by atoms with Gasteiger partial charge in [0.1, 0.15) is 5.75 Å². The van der Waals surface area contributed by atoms with Crippen LogP contribution in [0, 0.1) is 0 Å². The molecular formula is C16H17NO2S. The molecule has 104 valence electrons. The maximum atomic E-state index is 10.9. The average molecular weight is 287 g/mol. The van der Waals surface area contributed by atoms with E-state index in [1.54, 1.807) is 17.8 Å². The van der Waals surface area contributed by atoms with Crippen LogP contribution in [0.5, 0.6) is 5.75 Å². The van der Waals surface area contributed by atoms with E-state index in [1.165, 1.54) is 11.8 Å². The Morgan fingerprint density at radius 2 is 1.75 bits per heavy atom. The smallest absolute Gasteiger partial charge is 0.308 e. The van der Waals surface area contributed by atoms with Crippen molar-refractivity contribution in [3.63, 3.8) is 0 Å². The summed E-state index contributed by atoms with van der Waals surface area (Å²) in [6.45, 7) is 5.40. The number of nitrogens with one attached hydrogen (secondary N) is 1. The van der Waals surface area contributed by atoms with Crippen LogP contribution >= 0.6 is 11.8 Å². The quantitative estimate of drug-likeness (QED) is 0.513. The van der Waals surface area contributed by atoms with Crippen molar-refractivity contribution in [2.75, 3.05) is 5.32 Å². The first-order valence-corrected chi connectivity index (χ1v) is 7.40. The van der Waals surface area contributed by atoms with Crippen molar-refractivity contribution in [3.05, 3.63) is 42.5 Å². The fourth-order valence-electron chi connectivity index (χ4n) is 1.84. The van der Waals surface area contributed by atoms with Gasteiger partial charge >= 0.3 is 5.97 Å². The van der Waals surface area contributed by atoms with Crippen LogP contribution in [0.2, 0.25) is 0 Å².